The second kappa shape index (κ2) is 4.58. The van der Waals surface area contributed by atoms with Crippen LogP contribution >= 0.6 is 0 Å². The van der Waals surface area contributed by atoms with Crippen molar-refractivity contribution in [3.05, 3.63) is 12.2 Å². The summed E-state index contributed by atoms with van der Waals surface area (Å²) in [4.78, 5) is 0. The fraction of sp³-hybridized carbons (Fsp3) is 0.895. The molecule has 0 heterocycles. The van der Waals surface area contributed by atoms with Crippen molar-refractivity contribution < 1.29 is 9.47 Å². The first-order valence-electron chi connectivity index (χ1n) is 8.96. The maximum Gasteiger partial charge on any atom is 0.155 e. The fourth-order valence-corrected chi connectivity index (χ4v) is 6.58. The lowest BCUT2D eigenvalue weighted by Crippen LogP contribution is -2.49. The number of allylic oxidation sites excluding steroid dienone is 2. The van der Waals surface area contributed by atoms with Crippen LogP contribution < -0.4 is 0 Å². The standard InChI is InChI=1S/C19H30O2/c1-5-8-20-12(2)21-18(3)11-15-10-16(18)17-13-6-7-14(9-13)19(15,17)4/h6-7,12-17H,5,8-11H2,1-4H3. The molecular weight excluding hydrogens is 260 g/mol. The third-order valence-electron chi connectivity index (χ3n) is 7.37. The molecular formula is C19H30O2. The van der Waals surface area contributed by atoms with Gasteiger partial charge >= 0.3 is 0 Å². The Morgan fingerprint density at radius 2 is 2.05 bits per heavy atom. The zero-order chi connectivity index (χ0) is 14.8. The summed E-state index contributed by atoms with van der Waals surface area (Å²) in [6.07, 6.45) is 10.1. The van der Waals surface area contributed by atoms with Crippen molar-refractivity contribution in [1.29, 1.82) is 0 Å². The summed E-state index contributed by atoms with van der Waals surface area (Å²) in [6, 6.07) is 0. The summed E-state index contributed by atoms with van der Waals surface area (Å²) >= 11 is 0. The molecule has 0 radical (unpaired) electrons. The molecule has 3 fully saturated rings. The van der Waals surface area contributed by atoms with Crippen LogP contribution in [-0.4, -0.2) is 18.5 Å². The van der Waals surface area contributed by atoms with Crippen LogP contribution in [-0.2, 0) is 9.47 Å². The third kappa shape index (κ3) is 1.78. The van der Waals surface area contributed by atoms with E-state index in [1.165, 1.54) is 19.3 Å². The van der Waals surface area contributed by atoms with Crippen LogP contribution in [0, 0.1) is 35.0 Å². The summed E-state index contributed by atoms with van der Waals surface area (Å²) in [5, 5.41) is 0. The Morgan fingerprint density at radius 3 is 2.81 bits per heavy atom. The molecule has 0 aliphatic heterocycles. The van der Waals surface area contributed by atoms with Gasteiger partial charge in [0.1, 0.15) is 0 Å². The molecule has 0 amide bonds. The Labute approximate surface area is 129 Å². The lowest BCUT2D eigenvalue weighted by Gasteiger charge is -2.49. The van der Waals surface area contributed by atoms with Gasteiger partial charge in [-0.15, -0.1) is 0 Å². The molecule has 2 heteroatoms. The SMILES string of the molecule is CCCOC(C)OC1(C)CC2CC1C1C3C=CC(C3)C21C. The zero-order valence-corrected chi connectivity index (χ0v) is 14.0. The molecule has 0 spiro atoms. The van der Waals surface area contributed by atoms with Crippen LogP contribution in [0.5, 0.6) is 0 Å². The molecule has 0 aromatic carbocycles. The van der Waals surface area contributed by atoms with Gasteiger partial charge in [0.25, 0.3) is 0 Å². The minimum Gasteiger partial charge on any atom is -0.353 e. The molecule has 0 aromatic rings. The van der Waals surface area contributed by atoms with Gasteiger partial charge in [-0.25, -0.2) is 0 Å². The van der Waals surface area contributed by atoms with E-state index in [2.05, 4.69) is 39.8 Å². The number of ether oxygens (including phenoxy) is 2. The highest BCUT2D eigenvalue weighted by atomic mass is 16.7. The van der Waals surface area contributed by atoms with Crippen molar-refractivity contribution in [2.45, 2.75) is 65.3 Å². The zero-order valence-electron chi connectivity index (χ0n) is 14.0. The van der Waals surface area contributed by atoms with Gasteiger partial charge in [-0.1, -0.05) is 26.0 Å². The third-order valence-corrected chi connectivity index (χ3v) is 7.37. The molecule has 4 bridgehead atoms. The van der Waals surface area contributed by atoms with E-state index in [1.54, 1.807) is 0 Å². The summed E-state index contributed by atoms with van der Waals surface area (Å²) < 4.78 is 12.2. The monoisotopic (exact) mass is 290 g/mol. The molecule has 4 aliphatic rings. The normalized spacial score (nSPS) is 54.4. The van der Waals surface area contributed by atoms with E-state index >= 15 is 0 Å². The maximum absolute atomic E-state index is 6.45. The molecule has 0 aromatic heterocycles. The fourth-order valence-electron chi connectivity index (χ4n) is 6.58. The molecule has 0 N–H and O–H groups in total. The quantitative estimate of drug-likeness (QED) is 0.424. The van der Waals surface area contributed by atoms with Crippen molar-refractivity contribution in [1.82, 2.24) is 0 Å². The molecule has 0 saturated heterocycles. The van der Waals surface area contributed by atoms with E-state index in [9.17, 15) is 0 Å². The highest BCUT2D eigenvalue weighted by Crippen LogP contribution is 2.74. The summed E-state index contributed by atoms with van der Waals surface area (Å²) in [5.74, 6) is 4.12. The molecule has 4 rings (SSSR count). The largest absolute Gasteiger partial charge is 0.353 e. The first kappa shape index (κ1) is 14.3. The van der Waals surface area contributed by atoms with Crippen molar-refractivity contribution in [3.63, 3.8) is 0 Å². The van der Waals surface area contributed by atoms with Gasteiger partial charge in [0.15, 0.2) is 6.29 Å². The highest BCUT2D eigenvalue weighted by molar-refractivity contribution is 5.27. The molecule has 3 saturated carbocycles. The minimum absolute atomic E-state index is 0.0420. The van der Waals surface area contributed by atoms with Gasteiger partial charge in [0.05, 0.1) is 5.60 Å². The topological polar surface area (TPSA) is 18.5 Å². The van der Waals surface area contributed by atoms with E-state index in [4.69, 9.17) is 9.47 Å². The average molecular weight is 290 g/mol. The molecule has 8 unspecified atom stereocenters. The number of hydrogen-bond acceptors (Lipinski definition) is 2. The van der Waals surface area contributed by atoms with Crippen LogP contribution in [0.2, 0.25) is 0 Å². The molecule has 8 atom stereocenters. The van der Waals surface area contributed by atoms with E-state index in [0.717, 1.165) is 42.6 Å². The van der Waals surface area contributed by atoms with E-state index in [-0.39, 0.29) is 11.9 Å². The lowest BCUT2D eigenvalue weighted by molar-refractivity contribution is -0.225. The predicted molar refractivity (Wildman–Crippen MR) is 83.7 cm³/mol. The first-order valence-corrected chi connectivity index (χ1v) is 8.96. The summed E-state index contributed by atoms with van der Waals surface area (Å²) in [5.41, 5.74) is 0.612. The van der Waals surface area contributed by atoms with Crippen molar-refractivity contribution >= 4 is 0 Å². The highest BCUT2D eigenvalue weighted by Gasteiger charge is 2.70. The number of rotatable bonds is 5. The number of hydrogen-bond donors (Lipinski definition) is 0. The Morgan fingerprint density at radius 1 is 1.24 bits per heavy atom. The van der Waals surface area contributed by atoms with Crippen LogP contribution in [0.1, 0.15) is 53.4 Å². The predicted octanol–water partition coefficient (Wildman–Crippen LogP) is 4.40. The number of fused-ring (bicyclic) bond motifs is 9. The second-order valence-electron chi connectivity index (χ2n) is 8.39. The van der Waals surface area contributed by atoms with Crippen LogP contribution in [0.15, 0.2) is 12.2 Å². The van der Waals surface area contributed by atoms with E-state index in [1.807, 2.05) is 0 Å². The lowest BCUT2D eigenvalue weighted by atomic mass is 9.59. The molecule has 118 valence electrons. The van der Waals surface area contributed by atoms with Gasteiger partial charge in [-0.3, -0.25) is 0 Å². The van der Waals surface area contributed by atoms with Crippen molar-refractivity contribution in [2.75, 3.05) is 6.61 Å². The van der Waals surface area contributed by atoms with Gasteiger partial charge in [-0.05, 0) is 74.5 Å². The van der Waals surface area contributed by atoms with Crippen LogP contribution in [0.3, 0.4) is 0 Å². The second-order valence-corrected chi connectivity index (χ2v) is 8.39. The Kier molecular flexibility index (Phi) is 3.11. The van der Waals surface area contributed by atoms with Crippen molar-refractivity contribution in [3.8, 4) is 0 Å². The van der Waals surface area contributed by atoms with Gasteiger partial charge in [0.2, 0.25) is 0 Å². The summed E-state index contributed by atoms with van der Waals surface area (Å²) in [6.45, 7) is 9.97. The van der Waals surface area contributed by atoms with Crippen molar-refractivity contribution in [2.24, 2.45) is 35.0 Å². The van der Waals surface area contributed by atoms with E-state index < -0.39 is 0 Å². The minimum atomic E-state index is -0.0605. The Balaban J connectivity index is 1.53. The maximum atomic E-state index is 6.45. The first-order chi connectivity index (χ1) is 9.99. The molecule has 2 nitrogen and oxygen atoms in total. The summed E-state index contributed by atoms with van der Waals surface area (Å²) in [7, 11) is 0. The van der Waals surface area contributed by atoms with E-state index in [0.29, 0.717) is 5.41 Å². The Hall–Kier alpha value is -0.340. The van der Waals surface area contributed by atoms with Gasteiger partial charge in [-0.2, -0.15) is 0 Å². The van der Waals surface area contributed by atoms with Crippen LogP contribution in [0.4, 0.5) is 0 Å². The average Bonchev–Trinajstić information content (AvgIpc) is 3.13. The smallest absolute Gasteiger partial charge is 0.155 e. The Bertz CT molecular complexity index is 458. The van der Waals surface area contributed by atoms with Crippen LogP contribution in [0.25, 0.3) is 0 Å². The molecule has 4 aliphatic carbocycles. The molecule has 21 heavy (non-hydrogen) atoms. The van der Waals surface area contributed by atoms with Gasteiger partial charge < -0.3 is 9.47 Å². The van der Waals surface area contributed by atoms with Gasteiger partial charge in [0, 0.05) is 6.61 Å².